The van der Waals surface area contributed by atoms with Crippen molar-refractivity contribution in [2.24, 2.45) is 0 Å². The first-order valence-electron chi connectivity index (χ1n) is 9.03. The molecule has 1 atom stereocenters. The average molecular weight is 369 g/mol. The van der Waals surface area contributed by atoms with Gasteiger partial charge < -0.3 is 9.64 Å². The standard InChI is InChI=1S/C20H23N3O2S/c1-15-13-25-11-10-22(15)8-9-23-18-12-16(17-4-2-3-7-21-17)5-6-19(18)26-14-20(23)24/h2-7,12,15H,8-11,13-14H2,1H3. The van der Waals surface area contributed by atoms with Crippen LogP contribution in [0.1, 0.15) is 6.92 Å². The number of ether oxygens (including phenoxy) is 1. The van der Waals surface area contributed by atoms with Gasteiger partial charge in [0.05, 0.1) is 30.3 Å². The van der Waals surface area contributed by atoms with Gasteiger partial charge in [0.15, 0.2) is 0 Å². The number of thioether (sulfide) groups is 1. The van der Waals surface area contributed by atoms with Gasteiger partial charge in [-0.1, -0.05) is 12.1 Å². The second-order valence-electron chi connectivity index (χ2n) is 6.69. The molecule has 5 nitrogen and oxygen atoms in total. The summed E-state index contributed by atoms with van der Waals surface area (Å²) in [6.45, 7) is 6.23. The molecule has 1 fully saturated rings. The van der Waals surface area contributed by atoms with E-state index in [2.05, 4.69) is 35.0 Å². The predicted molar refractivity (Wildman–Crippen MR) is 105 cm³/mol. The topological polar surface area (TPSA) is 45.7 Å². The van der Waals surface area contributed by atoms with Crippen molar-refractivity contribution in [2.45, 2.75) is 17.9 Å². The lowest BCUT2D eigenvalue weighted by molar-refractivity contribution is -0.116. The number of aromatic nitrogens is 1. The molecular weight excluding hydrogens is 346 g/mol. The average Bonchev–Trinajstić information content (AvgIpc) is 2.69. The van der Waals surface area contributed by atoms with Gasteiger partial charge in [0, 0.05) is 42.3 Å². The largest absolute Gasteiger partial charge is 0.379 e. The molecule has 136 valence electrons. The molecule has 1 saturated heterocycles. The molecule has 0 spiro atoms. The highest BCUT2D eigenvalue weighted by Gasteiger charge is 2.27. The van der Waals surface area contributed by atoms with Crippen LogP contribution >= 0.6 is 11.8 Å². The summed E-state index contributed by atoms with van der Waals surface area (Å²) in [5, 5.41) is 0. The maximum atomic E-state index is 12.6. The van der Waals surface area contributed by atoms with Crippen LogP contribution in [0.15, 0.2) is 47.5 Å². The van der Waals surface area contributed by atoms with Crippen LogP contribution in [-0.4, -0.2) is 60.4 Å². The number of anilines is 1. The summed E-state index contributed by atoms with van der Waals surface area (Å²) in [4.78, 5) is 22.6. The quantitative estimate of drug-likeness (QED) is 0.829. The van der Waals surface area contributed by atoms with E-state index in [1.807, 2.05) is 23.1 Å². The SMILES string of the molecule is CC1COCCN1CCN1C(=O)CSc2ccc(-c3ccccn3)cc21. The highest BCUT2D eigenvalue weighted by molar-refractivity contribution is 8.00. The van der Waals surface area contributed by atoms with Crippen LogP contribution in [0.3, 0.4) is 0 Å². The molecule has 2 aromatic rings. The van der Waals surface area contributed by atoms with Crippen LogP contribution in [0.25, 0.3) is 11.3 Å². The van der Waals surface area contributed by atoms with Crippen molar-refractivity contribution in [3.05, 3.63) is 42.6 Å². The van der Waals surface area contributed by atoms with Crippen LogP contribution in [0.5, 0.6) is 0 Å². The van der Waals surface area contributed by atoms with Gasteiger partial charge in [-0.2, -0.15) is 0 Å². The molecule has 0 saturated carbocycles. The van der Waals surface area contributed by atoms with Gasteiger partial charge in [-0.3, -0.25) is 14.7 Å². The maximum Gasteiger partial charge on any atom is 0.237 e. The van der Waals surface area contributed by atoms with Gasteiger partial charge in [0.1, 0.15) is 0 Å². The summed E-state index contributed by atoms with van der Waals surface area (Å²) < 4.78 is 5.51. The monoisotopic (exact) mass is 369 g/mol. The molecule has 0 radical (unpaired) electrons. The third kappa shape index (κ3) is 3.63. The smallest absolute Gasteiger partial charge is 0.237 e. The van der Waals surface area contributed by atoms with Crippen LogP contribution in [-0.2, 0) is 9.53 Å². The van der Waals surface area contributed by atoms with Crippen molar-refractivity contribution in [3.8, 4) is 11.3 Å². The second kappa shape index (κ2) is 7.78. The molecule has 6 heteroatoms. The molecule has 0 aliphatic carbocycles. The molecule has 1 unspecified atom stereocenters. The van der Waals surface area contributed by atoms with E-state index in [9.17, 15) is 4.79 Å². The minimum atomic E-state index is 0.182. The number of benzene rings is 1. The molecule has 0 N–H and O–H groups in total. The molecule has 2 aliphatic rings. The van der Waals surface area contributed by atoms with Crippen molar-refractivity contribution in [1.29, 1.82) is 0 Å². The molecule has 1 aromatic heterocycles. The highest BCUT2D eigenvalue weighted by atomic mass is 32.2. The Morgan fingerprint density at radius 3 is 3.00 bits per heavy atom. The summed E-state index contributed by atoms with van der Waals surface area (Å²) in [5.74, 6) is 0.691. The number of nitrogens with zero attached hydrogens (tertiary/aromatic N) is 3. The van der Waals surface area contributed by atoms with E-state index in [1.165, 1.54) is 4.90 Å². The molecule has 3 heterocycles. The minimum Gasteiger partial charge on any atom is -0.379 e. The van der Waals surface area contributed by atoms with Crippen LogP contribution in [0.2, 0.25) is 0 Å². The number of hydrogen-bond donors (Lipinski definition) is 0. The van der Waals surface area contributed by atoms with Gasteiger partial charge in [-0.15, -0.1) is 11.8 Å². The predicted octanol–water partition coefficient (Wildman–Crippen LogP) is 2.91. The Bertz CT molecular complexity index is 784. The van der Waals surface area contributed by atoms with Crippen LogP contribution in [0, 0.1) is 0 Å². The van der Waals surface area contributed by atoms with Crippen molar-refractivity contribution in [3.63, 3.8) is 0 Å². The molecule has 2 aliphatic heterocycles. The Labute approximate surface area is 158 Å². The van der Waals surface area contributed by atoms with Crippen molar-refractivity contribution in [2.75, 3.05) is 43.5 Å². The summed E-state index contributed by atoms with van der Waals surface area (Å²) in [7, 11) is 0. The summed E-state index contributed by atoms with van der Waals surface area (Å²) in [5.41, 5.74) is 2.99. The molecule has 1 amide bonds. The van der Waals surface area contributed by atoms with Gasteiger partial charge in [-0.25, -0.2) is 0 Å². The van der Waals surface area contributed by atoms with E-state index in [-0.39, 0.29) is 5.91 Å². The van der Waals surface area contributed by atoms with Gasteiger partial charge in [-0.05, 0) is 31.2 Å². The first kappa shape index (κ1) is 17.5. The molecule has 1 aromatic carbocycles. The van der Waals surface area contributed by atoms with Gasteiger partial charge >= 0.3 is 0 Å². The third-order valence-corrected chi connectivity index (χ3v) is 6.03. The summed E-state index contributed by atoms with van der Waals surface area (Å²) in [6, 6.07) is 12.6. The minimum absolute atomic E-state index is 0.182. The molecule has 26 heavy (non-hydrogen) atoms. The Morgan fingerprint density at radius 2 is 2.19 bits per heavy atom. The van der Waals surface area contributed by atoms with E-state index in [1.54, 1.807) is 18.0 Å². The first-order chi connectivity index (χ1) is 12.7. The van der Waals surface area contributed by atoms with Gasteiger partial charge in [0.2, 0.25) is 5.91 Å². The zero-order chi connectivity index (χ0) is 17.9. The first-order valence-corrected chi connectivity index (χ1v) is 10.0. The number of rotatable bonds is 4. The lowest BCUT2D eigenvalue weighted by atomic mass is 10.1. The van der Waals surface area contributed by atoms with Crippen molar-refractivity contribution < 1.29 is 9.53 Å². The molecule has 4 rings (SSSR count). The van der Waals surface area contributed by atoms with E-state index >= 15 is 0 Å². The maximum absolute atomic E-state index is 12.6. The Balaban J connectivity index is 1.57. The zero-order valence-corrected chi connectivity index (χ0v) is 15.7. The fraction of sp³-hybridized carbons (Fsp3) is 0.400. The van der Waals surface area contributed by atoms with Crippen molar-refractivity contribution >= 4 is 23.4 Å². The molecular formula is C20H23N3O2S. The van der Waals surface area contributed by atoms with Crippen LogP contribution < -0.4 is 4.90 Å². The number of hydrogen-bond acceptors (Lipinski definition) is 5. The number of carbonyl (C=O) groups excluding carboxylic acids is 1. The van der Waals surface area contributed by atoms with Crippen molar-refractivity contribution in [1.82, 2.24) is 9.88 Å². The third-order valence-electron chi connectivity index (χ3n) is 4.98. The van der Waals surface area contributed by atoms with E-state index in [0.717, 1.165) is 43.2 Å². The summed E-state index contributed by atoms with van der Waals surface area (Å²) in [6.07, 6.45) is 1.80. The lowest BCUT2D eigenvalue weighted by Crippen LogP contribution is -2.48. The summed E-state index contributed by atoms with van der Waals surface area (Å²) >= 11 is 1.62. The Hall–Kier alpha value is -1.89. The normalized spacial score (nSPS) is 20.9. The number of pyridine rings is 1. The van der Waals surface area contributed by atoms with E-state index in [4.69, 9.17) is 4.74 Å². The zero-order valence-electron chi connectivity index (χ0n) is 14.9. The fourth-order valence-electron chi connectivity index (χ4n) is 3.46. The Kier molecular flexibility index (Phi) is 5.24. The Morgan fingerprint density at radius 1 is 1.27 bits per heavy atom. The number of amides is 1. The number of morpholine rings is 1. The van der Waals surface area contributed by atoms with Crippen LogP contribution in [0.4, 0.5) is 5.69 Å². The number of fused-ring (bicyclic) bond motifs is 1. The van der Waals surface area contributed by atoms with E-state index in [0.29, 0.717) is 18.3 Å². The second-order valence-corrected chi connectivity index (χ2v) is 7.71. The number of carbonyl (C=O) groups is 1. The van der Waals surface area contributed by atoms with Gasteiger partial charge in [0.25, 0.3) is 0 Å². The fourth-order valence-corrected chi connectivity index (χ4v) is 4.38. The molecule has 0 bridgehead atoms. The highest BCUT2D eigenvalue weighted by Crippen LogP contribution is 2.37. The lowest BCUT2D eigenvalue weighted by Gasteiger charge is -2.36. The van der Waals surface area contributed by atoms with E-state index < -0.39 is 0 Å².